The zero-order valence-electron chi connectivity index (χ0n) is 11.9. The van der Waals surface area contributed by atoms with Crippen LogP contribution in [-0.4, -0.2) is 35.7 Å². The highest BCUT2D eigenvalue weighted by Gasteiger charge is 2.18. The Morgan fingerprint density at radius 2 is 2.21 bits per heavy atom. The van der Waals surface area contributed by atoms with Crippen LogP contribution in [-0.2, 0) is 6.54 Å². The third-order valence-corrected chi connectivity index (χ3v) is 3.85. The van der Waals surface area contributed by atoms with Crippen LogP contribution in [0.25, 0.3) is 0 Å². The van der Waals surface area contributed by atoms with E-state index in [4.69, 9.17) is 0 Å². The first-order valence-corrected chi connectivity index (χ1v) is 7.52. The number of hydrogen-bond acceptors (Lipinski definition) is 3. The number of para-hydroxylation sites is 1. The van der Waals surface area contributed by atoms with Gasteiger partial charge in [-0.05, 0) is 38.4 Å². The molecule has 0 bridgehead atoms. The Labute approximate surface area is 116 Å². The molecule has 3 nitrogen and oxygen atoms in total. The summed E-state index contributed by atoms with van der Waals surface area (Å²) < 4.78 is 0. The second kappa shape index (κ2) is 7.51. The summed E-state index contributed by atoms with van der Waals surface area (Å²) in [4.78, 5) is 2.47. The SMILES string of the molecule is CCCCN(Cc1ccccc1O)CC1CCCN1. The van der Waals surface area contributed by atoms with Crippen LogP contribution in [0, 0.1) is 0 Å². The lowest BCUT2D eigenvalue weighted by Crippen LogP contribution is -2.37. The quantitative estimate of drug-likeness (QED) is 0.793. The van der Waals surface area contributed by atoms with Crippen molar-refractivity contribution < 1.29 is 5.11 Å². The monoisotopic (exact) mass is 262 g/mol. The van der Waals surface area contributed by atoms with Gasteiger partial charge >= 0.3 is 0 Å². The van der Waals surface area contributed by atoms with Gasteiger partial charge in [0.1, 0.15) is 5.75 Å². The average Bonchev–Trinajstić information content (AvgIpc) is 2.91. The molecule has 1 saturated heterocycles. The van der Waals surface area contributed by atoms with Crippen LogP contribution < -0.4 is 5.32 Å². The van der Waals surface area contributed by atoms with Crippen molar-refractivity contribution in [2.45, 2.75) is 45.2 Å². The Morgan fingerprint density at radius 1 is 1.37 bits per heavy atom. The number of hydrogen-bond donors (Lipinski definition) is 2. The molecule has 19 heavy (non-hydrogen) atoms. The van der Waals surface area contributed by atoms with E-state index >= 15 is 0 Å². The van der Waals surface area contributed by atoms with E-state index in [9.17, 15) is 5.11 Å². The van der Waals surface area contributed by atoms with E-state index in [1.54, 1.807) is 6.07 Å². The van der Waals surface area contributed by atoms with Gasteiger partial charge in [-0.1, -0.05) is 31.5 Å². The molecule has 0 aromatic heterocycles. The first-order chi connectivity index (χ1) is 9.29. The van der Waals surface area contributed by atoms with Gasteiger partial charge in [-0.3, -0.25) is 4.90 Å². The summed E-state index contributed by atoms with van der Waals surface area (Å²) in [7, 11) is 0. The summed E-state index contributed by atoms with van der Waals surface area (Å²) in [6, 6.07) is 8.31. The van der Waals surface area contributed by atoms with Crippen LogP contribution in [0.1, 0.15) is 38.2 Å². The van der Waals surface area contributed by atoms with E-state index in [1.165, 1.54) is 25.7 Å². The van der Waals surface area contributed by atoms with Gasteiger partial charge < -0.3 is 10.4 Å². The fourth-order valence-electron chi connectivity index (χ4n) is 2.73. The van der Waals surface area contributed by atoms with Crippen molar-refractivity contribution in [2.24, 2.45) is 0 Å². The normalized spacial score (nSPS) is 19.2. The predicted octanol–water partition coefficient (Wildman–Crippen LogP) is 2.75. The van der Waals surface area contributed by atoms with Crippen LogP contribution in [0.4, 0.5) is 0 Å². The first-order valence-electron chi connectivity index (χ1n) is 7.52. The molecular weight excluding hydrogens is 236 g/mol. The standard InChI is InChI=1S/C16H26N2O/c1-2-3-11-18(13-15-8-6-10-17-15)12-14-7-4-5-9-16(14)19/h4-5,7,9,15,17,19H,2-3,6,8,10-13H2,1H3. The Hall–Kier alpha value is -1.06. The van der Waals surface area contributed by atoms with Gasteiger partial charge in [-0.15, -0.1) is 0 Å². The Kier molecular flexibility index (Phi) is 5.67. The molecule has 1 fully saturated rings. The summed E-state index contributed by atoms with van der Waals surface area (Å²) in [6.07, 6.45) is 5.02. The minimum atomic E-state index is 0.420. The number of phenolic OH excluding ortho intramolecular Hbond substituents is 1. The first kappa shape index (κ1) is 14.4. The lowest BCUT2D eigenvalue weighted by atomic mass is 10.1. The number of rotatable bonds is 7. The van der Waals surface area contributed by atoms with E-state index in [1.807, 2.05) is 18.2 Å². The van der Waals surface area contributed by atoms with Crippen LogP contribution in [0.3, 0.4) is 0 Å². The van der Waals surface area contributed by atoms with Gasteiger partial charge in [0, 0.05) is 24.7 Å². The average molecular weight is 262 g/mol. The molecule has 1 aromatic rings. The highest BCUT2D eigenvalue weighted by Crippen LogP contribution is 2.19. The fraction of sp³-hybridized carbons (Fsp3) is 0.625. The third-order valence-electron chi connectivity index (χ3n) is 3.85. The number of nitrogens with one attached hydrogen (secondary N) is 1. The second-order valence-electron chi connectivity index (χ2n) is 5.51. The Balaban J connectivity index is 1.94. The van der Waals surface area contributed by atoms with E-state index in [2.05, 4.69) is 17.1 Å². The summed E-state index contributed by atoms with van der Waals surface area (Å²) in [5.41, 5.74) is 1.04. The lowest BCUT2D eigenvalue weighted by molar-refractivity contribution is 0.235. The van der Waals surface area contributed by atoms with Crippen molar-refractivity contribution in [3.8, 4) is 5.75 Å². The van der Waals surface area contributed by atoms with Crippen LogP contribution >= 0.6 is 0 Å². The molecular formula is C16H26N2O. The number of benzene rings is 1. The van der Waals surface area contributed by atoms with Crippen LogP contribution in [0.5, 0.6) is 5.75 Å². The van der Waals surface area contributed by atoms with E-state index in [-0.39, 0.29) is 0 Å². The maximum atomic E-state index is 9.90. The zero-order chi connectivity index (χ0) is 13.5. The van der Waals surface area contributed by atoms with E-state index in [0.717, 1.165) is 31.7 Å². The van der Waals surface area contributed by atoms with Gasteiger partial charge in [0.05, 0.1) is 0 Å². The van der Waals surface area contributed by atoms with E-state index in [0.29, 0.717) is 11.8 Å². The molecule has 106 valence electrons. The van der Waals surface area contributed by atoms with Crippen LogP contribution in [0.15, 0.2) is 24.3 Å². The summed E-state index contributed by atoms with van der Waals surface area (Å²) in [6.45, 7) is 6.44. The molecule has 2 rings (SSSR count). The largest absolute Gasteiger partial charge is 0.508 e. The zero-order valence-corrected chi connectivity index (χ0v) is 11.9. The second-order valence-corrected chi connectivity index (χ2v) is 5.51. The maximum absolute atomic E-state index is 9.90. The third kappa shape index (κ3) is 4.51. The van der Waals surface area contributed by atoms with Crippen molar-refractivity contribution in [2.75, 3.05) is 19.6 Å². The summed E-state index contributed by atoms with van der Waals surface area (Å²) in [5, 5.41) is 13.5. The van der Waals surface area contributed by atoms with Crippen molar-refractivity contribution >= 4 is 0 Å². The van der Waals surface area contributed by atoms with Gasteiger partial charge in [0.15, 0.2) is 0 Å². The number of nitrogens with zero attached hydrogens (tertiary/aromatic N) is 1. The minimum Gasteiger partial charge on any atom is -0.508 e. The Morgan fingerprint density at radius 3 is 2.89 bits per heavy atom. The molecule has 0 spiro atoms. The molecule has 0 radical (unpaired) electrons. The Bertz CT molecular complexity index is 375. The molecule has 0 aliphatic carbocycles. The van der Waals surface area contributed by atoms with Gasteiger partial charge in [-0.2, -0.15) is 0 Å². The topological polar surface area (TPSA) is 35.5 Å². The van der Waals surface area contributed by atoms with Gasteiger partial charge in [0.2, 0.25) is 0 Å². The highest BCUT2D eigenvalue weighted by molar-refractivity contribution is 5.31. The maximum Gasteiger partial charge on any atom is 0.120 e. The summed E-state index contributed by atoms with van der Waals surface area (Å²) >= 11 is 0. The van der Waals surface area contributed by atoms with Crippen molar-refractivity contribution in [1.29, 1.82) is 0 Å². The van der Waals surface area contributed by atoms with Crippen LogP contribution in [0.2, 0.25) is 0 Å². The number of unbranched alkanes of at least 4 members (excludes halogenated alkanes) is 1. The smallest absolute Gasteiger partial charge is 0.120 e. The molecule has 1 atom stereocenters. The van der Waals surface area contributed by atoms with Crippen molar-refractivity contribution in [3.63, 3.8) is 0 Å². The van der Waals surface area contributed by atoms with Crippen molar-refractivity contribution in [1.82, 2.24) is 10.2 Å². The summed E-state index contributed by atoms with van der Waals surface area (Å²) in [5.74, 6) is 0.420. The molecule has 1 aliphatic heterocycles. The molecule has 0 saturated carbocycles. The van der Waals surface area contributed by atoms with Crippen molar-refractivity contribution in [3.05, 3.63) is 29.8 Å². The predicted molar refractivity (Wildman–Crippen MR) is 79.3 cm³/mol. The molecule has 2 N–H and O–H groups in total. The molecule has 1 unspecified atom stereocenters. The lowest BCUT2D eigenvalue weighted by Gasteiger charge is -2.26. The molecule has 3 heteroatoms. The molecule has 1 aromatic carbocycles. The highest BCUT2D eigenvalue weighted by atomic mass is 16.3. The molecule has 1 heterocycles. The molecule has 0 amide bonds. The van der Waals surface area contributed by atoms with Gasteiger partial charge in [0.25, 0.3) is 0 Å². The van der Waals surface area contributed by atoms with Gasteiger partial charge in [-0.25, -0.2) is 0 Å². The number of phenols is 1. The molecule has 1 aliphatic rings. The fourth-order valence-corrected chi connectivity index (χ4v) is 2.73. The van der Waals surface area contributed by atoms with E-state index < -0.39 is 0 Å². The number of aromatic hydroxyl groups is 1. The minimum absolute atomic E-state index is 0.420.